The number of ether oxygens (including phenoxy) is 1. The van der Waals surface area contributed by atoms with Crippen molar-refractivity contribution in [1.82, 2.24) is 9.66 Å². The van der Waals surface area contributed by atoms with Crippen molar-refractivity contribution in [2.24, 2.45) is 5.73 Å². The minimum absolute atomic E-state index is 0.250. The number of carbonyl (C=O) groups is 3. The lowest BCUT2D eigenvalue weighted by atomic mass is 10.1. The molecule has 1 unspecified atom stereocenters. The summed E-state index contributed by atoms with van der Waals surface area (Å²) in [6.45, 7) is 0. The van der Waals surface area contributed by atoms with Crippen LogP contribution in [0.2, 0.25) is 0 Å². The number of primary amides is 1. The van der Waals surface area contributed by atoms with Crippen LogP contribution in [0.1, 0.15) is 28.2 Å². The van der Waals surface area contributed by atoms with Crippen molar-refractivity contribution in [3.05, 3.63) is 83.9 Å². The smallest absolute Gasteiger partial charge is 0.405 e. The van der Waals surface area contributed by atoms with E-state index in [1.807, 2.05) is 30.3 Å². The molecule has 0 saturated carbocycles. The van der Waals surface area contributed by atoms with Gasteiger partial charge < -0.3 is 15.5 Å². The molecule has 0 radical (unpaired) electrons. The fraction of sp³-hybridized carbons (Fsp3) is 0.150. The second-order valence-corrected chi connectivity index (χ2v) is 6.10. The minimum Gasteiger partial charge on any atom is -0.436 e. The first-order valence-electron chi connectivity index (χ1n) is 8.71. The highest BCUT2D eigenvalue weighted by molar-refractivity contribution is 6.07. The van der Waals surface area contributed by atoms with Gasteiger partial charge in [-0.3, -0.25) is 19.7 Å². The zero-order valence-corrected chi connectivity index (χ0v) is 15.0. The van der Waals surface area contributed by atoms with E-state index in [1.165, 1.54) is 10.9 Å². The molecule has 144 valence electrons. The highest BCUT2D eigenvalue weighted by atomic mass is 16.6. The number of nitrogens with zero attached hydrogens (tertiary/aromatic N) is 1. The molecule has 0 fully saturated rings. The second-order valence-electron chi connectivity index (χ2n) is 6.10. The highest BCUT2D eigenvalue weighted by Crippen LogP contribution is 2.11. The monoisotopic (exact) mass is 380 g/mol. The van der Waals surface area contributed by atoms with Gasteiger partial charge in [-0.15, -0.1) is 0 Å². The third-order valence-corrected chi connectivity index (χ3v) is 4.14. The Morgan fingerprint density at radius 2 is 1.86 bits per heavy atom. The van der Waals surface area contributed by atoms with Gasteiger partial charge in [0.2, 0.25) is 5.78 Å². The van der Waals surface area contributed by atoms with E-state index in [1.54, 1.807) is 30.5 Å². The van der Waals surface area contributed by atoms with E-state index in [-0.39, 0.29) is 17.9 Å². The molecule has 3 rings (SSSR count). The number of rotatable bonds is 8. The molecule has 2 heterocycles. The standard InChI is InChI=1S/C20H20N4O4/c21-20(27)28-17(11-10-14-6-2-1-3-7-14)19(26)23-24-13-5-9-16(24)18(25)15-8-4-12-22-15/h1-9,12-13,17,22H,10-11H2,(H2,21,27)(H,23,26). The Balaban J connectivity index is 1.71. The van der Waals surface area contributed by atoms with E-state index >= 15 is 0 Å². The molecule has 0 aliphatic rings. The van der Waals surface area contributed by atoms with Gasteiger partial charge in [-0.2, -0.15) is 0 Å². The van der Waals surface area contributed by atoms with Gasteiger partial charge in [0.1, 0.15) is 5.69 Å². The second kappa shape index (κ2) is 8.72. The number of hydrogen-bond acceptors (Lipinski definition) is 4. The number of aryl methyl sites for hydroxylation is 1. The zero-order chi connectivity index (χ0) is 19.9. The molecule has 0 saturated heterocycles. The lowest BCUT2D eigenvalue weighted by molar-refractivity contribution is -0.125. The van der Waals surface area contributed by atoms with Crippen molar-refractivity contribution < 1.29 is 19.1 Å². The molecule has 4 N–H and O–H groups in total. The maximum absolute atomic E-state index is 12.6. The molecular formula is C20H20N4O4. The highest BCUT2D eigenvalue weighted by Gasteiger charge is 2.24. The summed E-state index contributed by atoms with van der Waals surface area (Å²) in [5.41, 5.74) is 9.34. The molecule has 3 aromatic rings. The van der Waals surface area contributed by atoms with Crippen molar-refractivity contribution in [2.45, 2.75) is 18.9 Å². The van der Waals surface area contributed by atoms with Gasteiger partial charge in [0.05, 0.1) is 5.69 Å². The summed E-state index contributed by atoms with van der Waals surface area (Å²) in [6.07, 6.45) is 1.81. The molecule has 0 bridgehead atoms. The molecule has 8 heteroatoms. The number of carbonyl (C=O) groups excluding carboxylic acids is 3. The van der Waals surface area contributed by atoms with Crippen LogP contribution in [0.25, 0.3) is 0 Å². The topological polar surface area (TPSA) is 119 Å². The van der Waals surface area contributed by atoms with Gasteiger partial charge in [-0.25, -0.2) is 4.79 Å². The Morgan fingerprint density at radius 3 is 2.54 bits per heavy atom. The van der Waals surface area contributed by atoms with Crippen LogP contribution in [0, 0.1) is 0 Å². The summed E-state index contributed by atoms with van der Waals surface area (Å²) >= 11 is 0. The van der Waals surface area contributed by atoms with Gasteiger partial charge in [0.25, 0.3) is 5.91 Å². The van der Waals surface area contributed by atoms with E-state index in [0.29, 0.717) is 12.1 Å². The van der Waals surface area contributed by atoms with Crippen LogP contribution in [0.4, 0.5) is 4.79 Å². The van der Waals surface area contributed by atoms with Crippen LogP contribution in [0.5, 0.6) is 0 Å². The summed E-state index contributed by atoms with van der Waals surface area (Å²) in [6, 6.07) is 16.1. The van der Waals surface area contributed by atoms with E-state index in [4.69, 9.17) is 10.5 Å². The fourth-order valence-corrected chi connectivity index (χ4v) is 2.79. The number of hydrogen-bond donors (Lipinski definition) is 3. The number of benzene rings is 1. The number of aromatic nitrogens is 2. The summed E-state index contributed by atoms with van der Waals surface area (Å²) in [7, 11) is 0. The van der Waals surface area contributed by atoms with E-state index in [0.717, 1.165) is 5.56 Å². The normalized spacial score (nSPS) is 11.6. The number of aromatic amines is 1. The zero-order valence-electron chi connectivity index (χ0n) is 15.0. The predicted molar refractivity (Wildman–Crippen MR) is 102 cm³/mol. The Bertz CT molecular complexity index is 948. The number of ketones is 1. The third-order valence-electron chi connectivity index (χ3n) is 4.14. The van der Waals surface area contributed by atoms with Crippen molar-refractivity contribution in [3.8, 4) is 0 Å². The SMILES string of the molecule is NC(=O)OC(CCc1ccccc1)C(=O)Nn1cccc1C(=O)c1ccc[nH]1. The molecule has 1 aromatic carbocycles. The van der Waals surface area contributed by atoms with Crippen molar-refractivity contribution in [2.75, 3.05) is 5.43 Å². The minimum atomic E-state index is -1.09. The van der Waals surface area contributed by atoms with Gasteiger partial charge in [0.15, 0.2) is 6.10 Å². The molecule has 8 nitrogen and oxygen atoms in total. The molecule has 0 spiro atoms. The number of nitrogens with one attached hydrogen (secondary N) is 2. The van der Waals surface area contributed by atoms with Crippen molar-refractivity contribution >= 4 is 17.8 Å². The summed E-state index contributed by atoms with van der Waals surface area (Å²) in [5.74, 6) is -0.863. The van der Waals surface area contributed by atoms with Crippen molar-refractivity contribution in [3.63, 3.8) is 0 Å². The Labute approximate surface area is 161 Å². The van der Waals surface area contributed by atoms with Crippen LogP contribution in [0.3, 0.4) is 0 Å². The van der Waals surface area contributed by atoms with Crippen LogP contribution >= 0.6 is 0 Å². The maximum atomic E-state index is 12.6. The summed E-state index contributed by atoms with van der Waals surface area (Å²) in [4.78, 5) is 39.2. The van der Waals surface area contributed by atoms with Crippen LogP contribution in [-0.4, -0.2) is 33.5 Å². The number of H-pyrrole nitrogens is 1. The van der Waals surface area contributed by atoms with Crippen LogP contribution in [-0.2, 0) is 16.0 Å². The maximum Gasteiger partial charge on any atom is 0.405 e. The van der Waals surface area contributed by atoms with Gasteiger partial charge in [-0.1, -0.05) is 30.3 Å². The Morgan fingerprint density at radius 1 is 1.07 bits per heavy atom. The van der Waals surface area contributed by atoms with E-state index in [9.17, 15) is 14.4 Å². The quantitative estimate of drug-likeness (QED) is 0.519. The molecule has 2 aromatic heterocycles. The molecule has 0 aliphatic heterocycles. The van der Waals surface area contributed by atoms with Gasteiger partial charge in [0, 0.05) is 12.4 Å². The Kier molecular flexibility index (Phi) is 5.91. The molecular weight excluding hydrogens is 360 g/mol. The first-order chi connectivity index (χ1) is 13.5. The lowest BCUT2D eigenvalue weighted by Crippen LogP contribution is -2.38. The largest absolute Gasteiger partial charge is 0.436 e. The van der Waals surface area contributed by atoms with Gasteiger partial charge in [-0.05, 0) is 42.7 Å². The van der Waals surface area contributed by atoms with Crippen LogP contribution < -0.4 is 11.2 Å². The number of amides is 2. The van der Waals surface area contributed by atoms with Gasteiger partial charge >= 0.3 is 6.09 Å². The Hall–Kier alpha value is -3.81. The van der Waals surface area contributed by atoms with E-state index < -0.39 is 18.1 Å². The summed E-state index contributed by atoms with van der Waals surface area (Å²) < 4.78 is 6.27. The molecule has 1 atom stereocenters. The van der Waals surface area contributed by atoms with E-state index in [2.05, 4.69) is 10.4 Å². The average Bonchev–Trinajstić information content (AvgIpc) is 3.37. The molecule has 28 heavy (non-hydrogen) atoms. The predicted octanol–water partition coefficient (Wildman–Crippen LogP) is 2.21. The third kappa shape index (κ3) is 4.67. The summed E-state index contributed by atoms with van der Waals surface area (Å²) in [5, 5.41) is 0. The molecule has 0 aliphatic carbocycles. The lowest BCUT2D eigenvalue weighted by Gasteiger charge is -2.18. The first kappa shape index (κ1) is 19.0. The number of nitrogens with two attached hydrogens (primary N) is 1. The van der Waals surface area contributed by atoms with Crippen LogP contribution in [0.15, 0.2) is 67.0 Å². The molecule has 2 amide bonds. The average molecular weight is 380 g/mol. The fourth-order valence-electron chi connectivity index (χ4n) is 2.79. The first-order valence-corrected chi connectivity index (χ1v) is 8.71. The van der Waals surface area contributed by atoms with Crippen molar-refractivity contribution in [1.29, 1.82) is 0 Å².